The van der Waals surface area contributed by atoms with Crippen molar-refractivity contribution in [3.8, 4) is 11.1 Å². The molecule has 18 heavy (non-hydrogen) atoms. The van der Waals surface area contributed by atoms with E-state index in [9.17, 15) is 5.26 Å². The Bertz CT molecular complexity index is 589. The Hall–Kier alpha value is -1.57. The van der Waals surface area contributed by atoms with Crippen LogP contribution in [0.25, 0.3) is 5.00 Å². The van der Waals surface area contributed by atoms with Gasteiger partial charge in [-0.05, 0) is 30.7 Å². The Labute approximate surface area is 111 Å². The van der Waals surface area contributed by atoms with Crippen LogP contribution in [0.15, 0.2) is 24.5 Å². The second-order valence-electron chi connectivity index (χ2n) is 4.50. The molecule has 2 aromatic rings. The van der Waals surface area contributed by atoms with Gasteiger partial charge >= 0.3 is 0 Å². The van der Waals surface area contributed by atoms with Gasteiger partial charge in [0.2, 0.25) is 0 Å². The van der Waals surface area contributed by atoms with Crippen molar-refractivity contribution in [1.82, 2.24) is 9.47 Å². The zero-order valence-corrected chi connectivity index (χ0v) is 11.2. The molecule has 1 aliphatic heterocycles. The number of hydrogen-bond donors (Lipinski definition) is 0. The third-order valence-electron chi connectivity index (χ3n) is 3.52. The van der Waals surface area contributed by atoms with E-state index < -0.39 is 0 Å². The van der Waals surface area contributed by atoms with Gasteiger partial charge in [-0.3, -0.25) is 4.90 Å². The van der Waals surface area contributed by atoms with Crippen molar-refractivity contribution in [2.75, 3.05) is 13.1 Å². The number of likely N-dealkylation sites (N-methyl/N-ethyl adjacent to an activating group) is 1. The number of hydrogen-bond acceptors (Lipinski definition) is 3. The molecule has 3 nitrogen and oxygen atoms in total. The van der Waals surface area contributed by atoms with Gasteiger partial charge in [-0.15, -0.1) is 11.3 Å². The fourth-order valence-corrected chi connectivity index (χ4v) is 3.78. The van der Waals surface area contributed by atoms with Gasteiger partial charge in [0.05, 0.1) is 5.56 Å². The first-order chi connectivity index (χ1) is 8.83. The van der Waals surface area contributed by atoms with Crippen LogP contribution in [0.1, 0.15) is 22.9 Å². The molecule has 0 amide bonds. The van der Waals surface area contributed by atoms with Gasteiger partial charge in [0.15, 0.2) is 0 Å². The number of nitriles is 1. The van der Waals surface area contributed by atoms with Crippen molar-refractivity contribution in [2.24, 2.45) is 0 Å². The molecular weight excluding hydrogens is 242 g/mol. The lowest BCUT2D eigenvalue weighted by molar-refractivity contribution is 0.271. The Morgan fingerprint density at radius 2 is 2.17 bits per heavy atom. The molecule has 0 aliphatic carbocycles. The molecule has 0 saturated heterocycles. The van der Waals surface area contributed by atoms with Gasteiger partial charge in [-0.2, -0.15) is 5.26 Å². The summed E-state index contributed by atoms with van der Waals surface area (Å²) in [5.74, 6) is 0. The van der Waals surface area contributed by atoms with Crippen molar-refractivity contribution >= 4 is 11.3 Å². The Balaban J connectivity index is 2.08. The molecule has 3 rings (SSSR count). The zero-order chi connectivity index (χ0) is 12.5. The van der Waals surface area contributed by atoms with Gasteiger partial charge < -0.3 is 4.57 Å². The number of aromatic nitrogens is 1. The van der Waals surface area contributed by atoms with Crippen molar-refractivity contribution in [3.05, 3.63) is 40.5 Å². The van der Waals surface area contributed by atoms with Crippen LogP contribution in [0.4, 0.5) is 0 Å². The fraction of sp³-hybridized carbons (Fsp3) is 0.357. The van der Waals surface area contributed by atoms with Gasteiger partial charge in [-0.1, -0.05) is 6.92 Å². The minimum atomic E-state index is 0.877. The molecule has 0 spiro atoms. The van der Waals surface area contributed by atoms with Crippen LogP contribution in [0.3, 0.4) is 0 Å². The summed E-state index contributed by atoms with van der Waals surface area (Å²) < 4.78 is 2.05. The summed E-state index contributed by atoms with van der Waals surface area (Å²) in [5, 5.41) is 10.5. The minimum absolute atomic E-state index is 0.877. The quantitative estimate of drug-likeness (QED) is 0.828. The van der Waals surface area contributed by atoms with Crippen LogP contribution >= 0.6 is 11.3 Å². The van der Waals surface area contributed by atoms with E-state index in [0.717, 1.165) is 36.6 Å². The molecule has 0 unspecified atom stereocenters. The van der Waals surface area contributed by atoms with Gasteiger partial charge in [0.1, 0.15) is 11.1 Å². The smallest absolute Gasteiger partial charge is 0.118 e. The number of rotatable bonds is 2. The molecule has 0 saturated carbocycles. The van der Waals surface area contributed by atoms with E-state index >= 15 is 0 Å². The van der Waals surface area contributed by atoms with Crippen molar-refractivity contribution in [2.45, 2.75) is 19.9 Å². The molecule has 0 bridgehead atoms. The van der Waals surface area contributed by atoms with E-state index in [1.54, 1.807) is 11.3 Å². The highest BCUT2D eigenvalue weighted by atomic mass is 32.1. The second kappa shape index (κ2) is 4.60. The molecular formula is C14H15N3S. The molecule has 92 valence electrons. The predicted molar refractivity (Wildman–Crippen MR) is 73.0 cm³/mol. The maximum atomic E-state index is 9.41. The molecule has 2 aromatic heterocycles. The van der Waals surface area contributed by atoms with E-state index in [1.165, 1.54) is 10.4 Å². The van der Waals surface area contributed by atoms with Crippen LogP contribution in [0.5, 0.6) is 0 Å². The highest BCUT2D eigenvalue weighted by molar-refractivity contribution is 7.15. The largest absolute Gasteiger partial charge is 0.314 e. The third kappa shape index (κ3) is 1.76. The zero-order valence-electron chi connectivity index (χ0n) is 10.4. The Morgan fingerprint density at radius 1 is 1.39 bits per heavy atom. The average Bonchev–Trinajstić information content (AvgIpc) is 3.04. The molecule has 0 radical (unpaired) electrons. The molecule has 0 aromatic carbocycles. The van der Waals surface area contributed by atoms with Crippen molar-refractivity contribution < 1.29 is 0 Å². The Morgan fingerprint density at radius 3 is 2.83 bits per heavy atom. The summed E-state index contributed by atoms with van der Waals surface area (Å²) in [6, 6.07) is 6.39. The summed E-state index contributed by atoms with van der Waals surface area (Å²) >= 11 is 1.76. The standard InChI is InChI=1S/C14H15N3S/c1-2-16-8-5-11-12(9-15)14(18-13(11)10-16)17-6-3-4-7-17/h3-4,6-7H,2,5,8,10H2,1H3. The van der Waals surface area contributed by atoms with Gasteiger partial charge in [0, 0.05) is 30.4 Å². The maximum Gasteiger partial charge on any atom is 0.118 e. The van der Waals surface area contributed by atoms with E-state index in [1.807, 2.05) is 24.5 Å². The van der Waals surface area contributed by atoms with Crippen LogP contribution in [-0.4, -0.2) is 22.6 Å². The molecule has 0 N–H and O–H groups in total. The normalized spacial score (nSPS) is 15.3. The summed E-state index contributed by atoms with van der Waals surface area (Å²) in [6.07, 6.45) is 5.02. The highest BCUT2D eigenvalue weighted by Gasteiger charge is 2.24. The lowest BCUT2D eigenvalue weighted by Crippen LogP contribution is -2.29. The van der Waals surface area contributed by atoms with Crippen LogP contribution in [0.2, 0.25) is 0 Å². The highest BCUT2D eigenvalue weighted by Crippen LogP contribution is 2.35. The first-order valence-electron chi connectivity index (χ1n) is 6.23. The SMILES string of the molecule is CCN1CCc2c(sc(-n3cccc3)c2C#N)C1. The van der Waals surface area contributed by atoms with Crippen LogP contribution in [0, 0.1) is 11.3 Å². The summed E-state index contributed by atoms with van der Waals surface area (Å²) in [7, 11) is 0. The Kier molecular flexibility index (Phi) is 2.94. The van der Waals surface area contributed by atoms with Gasteiger partial charge in [0.25, 0.3) is 0 Å². The number of thiophene rings is 1. The van der Waals surface area contributed by atoms with Crippen molar-refractivity contribution in [3.63, 3.8) is 0 Å². The monoisotopic (exact) mass is 257 g/mol. The first-order valence-corrected chi connectivity index (χ1v) is 7.05. The van der Waals surface area contributed by atoms with Crippen LogP contribution in [-0.2, 0) is 13.0 Å². The second-order valence-corrected chi connectivity index (χ2v) is 5.59. The topological polar surface area (TPSA) is 32.0 Å². The van der Waals surface area contributed by atoms with E-state index in [-0.39, 0.29) is 0 Å². The average molecular weight is 257 g/mol. The third-order valence-corrected chi connectivity index (χ3v) is 4.75. The lowest BCUT2D eigenvalue weighted by Gasteiger charge is -2.24. The van der Waals surface area contributed by atoms with E-state index in [2.05, 4.69) is 22.5 Å². The van der Waals surface area contributed by atoms with E-state index in [0.29, 0.717) is 0 Å². The molecule has 4 heteroatoms. The van der Waals surface area contributed by atoms with Crippen molar-refractivity contribution in [1.29, 1.82) is 5.26 Å². The van der Waals surface area contributed by atoms with Gasteiger partial charge in [-0.25, -0.2) is 0 Å². The lowest BCUT2D eigenvalue weighted by atomic mass is 10.0. The molecule has 3 heterocycles. The summed E-state index contributed by atoms with van der Waals surface area (Å²) in [4.78, 5) is 3.79. The first kappa shape index (κ1) is 11.5. The number of fused-ring (bicyclic) bond motifs is 1. The summed E-state index contributed by atoms with van der Waals surface area (Å²) in [6.45, 7) is 5.33. The number of nitrogens with zero attached hydrogens (tertiary/aromatic N) is 3. The molecule has 0 atom stereocenters. The fourth-order valence-electron chi connectivity index (χ4n) is 2.48. The molecule has 0 fully saturated rings. The maximum absolute atomic E-state index is 9.41. The van der Waals surface area contributed by atoms with Crippen LogP contribution < -0.4 is 0 Å². The summed E-state index contributed by atoms with van der Waals surface area (Å²) in [5.41, 5.74) is 2.15. The van der Waals surface area contributed by atoms with E-state index in [4.69, 9.17) is 0 Å². The molecule has 1 aliphatic rings. The predicted octanol–water partition coefficient (Wildman–Crippen LogP) is 2.79. The minimum Gasteiger partial charge on any atom is -0.314 e.